The Bertz CT molecular complexity index is 495. The molecule has 0 spiro atoms. The molecule has 2 rings (SSSR count). The van der Waals surface area contributed by atoms with E-state index in [1.54, 1.807) is 0 Å². The van der Waals surface area contributed by atoms with Crippen molar-refractivity contribution in [1.82, 2.24) is 10.2 Å². The van der Waals surface area contributed by atoms with Crippen molar-refractivity contribution in [2.45, 2.75) is 12.8 Å². The zero-order valence-corrected chi connectivity index (χ0v) is 11.4. The van der Waals surface area contributed by atoms with E-state index in [1.165, 1.54) is 23.5 Å². The normalized spacial score (nSPS) is 10.8. The lowest BCUT2D eigenvalue weighted by Gasteiger charge is -1.97. The Morgan fingerprint density at radius 3 is 2.82 bits per heavy atom. The molecule has 0 aliphatic rings. The van der Waals surface area contributed by atoms with Gasteiger partial charge in [-0.3, -0.25) is 0 Å². The van der Waals surface area contributed by atoms with Gasteiger partial charge in [-0.15, -0.1) is 10.2 Å². The second-order valence-corrected chi connectivity index (χ2v) is 5.53. The predicted octanol–water partition coefficient (Wildman–Crippen LogP) is 3.00. The van der Waals surface area contributed by atoms with Crippen molar-refractivity contribution >= 4 is 27.3 Å². The molecule has 1 heterocycles. The number of rotatable bonds is 4. The lowest BCUT2D eigenvalue weighted by molar-refractivity contribution is 0.627. The number of hydrogen-bond acceptors (Lipinski definition) is 4. The maximum Gasteiger partial charge on any atom is 0.147 e. The molecule has 6 heteroatoms. The van der Waals surface area contributed by atoms with Crippen LogP contribution < -0.4 is 5.73 Å². The molecule has 1 aromatic carbocycles. The van der Waals surface area contributed by atoms with Crippen molar-refractivity contribution in [1.29, 1.82) is 0 Å². The van der Waals surface area contributed by atoms with Crippen LogP contribution >= 0.6 is 27.3 Å². The number of nitrogens with two attached hydrogens (primary N) is 1. The molecule has 0 saturated heterocycles. The third-order valence-corrected chi connectivity index (χ3v) is 3.66. The first-order chi connectivity index (χ1) is 8.19. The smallest absolute Gasteiger partial charge is 0.147 e. The van der Waals surface area contributed by atoms with Crippen molar-refractivity contribution in [3.63, 3.8) is 0 Å². The zero-order chi connectivity index (χ0) is 12.3. The zero-order valence-electron chi connectivity index (χ0n) is 8.99. The van der Waals surface area contributed by atoms with Crippen LogP contribution in [-0.2, 0) is 6.42 Å². The molecule has 2 aromatic rings. The quantitative estimate of drug-likeness (QED) is 0.943. The number of aromatic nitrogens is 2. The molecule has 0 radical (unpaired) electrons. The van der Waals surface area contributed by atoms with Crippen LogP contribution in [0.5, 0.6) is 0 Å². The third kappa shape index (κ3) is 3.31. The van der Waals surface area contributed by atoms with Crippen LogP contribution in [0.3, 0.4) is 0 Å². The van der Waals surface area contributed by atoms with Gasteiger partial charge in [0, 0.05) is 16.5 Å². The van der Waals surface area contributed by atoms with Crippen molar-refractivity contribution in [2.24, 2.45) is 5.73 Å². The van der Waals surface area contributed by atoms with E-state index in [9.17, 15) is 4.39 Å². The molecule has 0 saturated carbocycles. The van der Waals surface area contributed by atoms with E-state index in [0.29, 0.717) is 11.0 Å². The molecule has 2 N–H and O–H groups in total. The summed E-state index contributed by atoms with van der Waals surface area (Å²) in [4.78, 5) is 0. The lowest BCUT2D eigenvalue weighted by Crippen LogP contribution is -1.99. The minimum atomic E-state index is -0.284. The van der Waals surface area contributed by atoms with Crippen LogP contribution in [0.2, 0.25) is 0 Å². The van der Waals surface area contributed by atoms with Gasteiger partial charge in [-0.2, -0.15) is 0 Å². The second-order valence-electron chi connectivity index (χ2n) is 3.55. The van der Waals surface area contributed by atoms with Crippen LogP contribution in [0.1, 0.15) is 11.4 Å². The van der Waals surface area contributed by atoms with Gasteiger partial charge in [0.2, 0.25) is 0 Å². The predicted molar refractivity (Wildman–Crippen MR) is 70.4 cm³/mol. The van der Waals surface area contributed by atoms with E-state index in [0.717, 1.165) is 28.4 Å². The molecule has 0 unspecified atom stereocenters. The largest absolute Gasteiger partial charge is 0.330 e. The summed E-state index contributed by atoms with van der Waals surface area (Å²) in [5, 5.41) is 9.80. The summed E-state index contributed by atoms with van der Waals surface area (Å²) in [6.45, 7) is 0.639. The van der Waals surface area contributed by atoms with E-state index < -0.39 is 0 Å². The summed E-state index contributed by atoms with van der Waals surface area (Å²) in [5.74, 6) is -0.284. The number of nitrogens with zero attached hydrogens (tertiary/aromatic N) is 2. The first-order valence-corrected chi connectivity index (χ1v) is 6.79. The summed E-state index contributed by atoms with van der Waals surface area (Å²) >= 11 is 4.74. The summed E-state index contributed by atoms with van der Waals surface area (Å²) in [6, 6.07) is 4.70. The number of halogens is 2. The Balaban J connectivity index is 2.24. The molecule has 0 aliphatic heterocycles. The van der Waals surface area contributed by atoms with Crippen LogP contribution in [0, 0.1) is 5.82 Å². The van der Waals surface area contributed by atoms with Gasteiger partial charge in [0.1, 0.15) is 15.8 Å². The molecule has 90 valence electrons. The van der Waals surface area contributed by atoms with E-state index in [2.05, 4.69) is 26.1 Å². The molecule has 0 amide bonds. The van der Waals surface area contributed by atoms with Gasteiger partial charge in [-0.25, -0.2) is 4.39 Å². The summed E-state index contributed by atoms with van der Waals surface area (Å²) in [6.07, 6.45) is 1.71. The van der Waals surface area contributed by atoms with Gasteiger partial charge in [-0.1, -0.05) is 27.3 Å². The minimum Gasteiger partial charge on any atom is -0.330 e. The van der Waals surface area contributed by atoms with Crippen LogP contribution in [-0.4, -0.2) is 16.7 Å². The number of benzene rings is 1. The van der Waals surface area contributed by atoms with E-state index in [1.807, 2.05) is 6.07 Å². The Morgan fingerprint density at radius 1 is 1.29 bits per heavy atom. The molecule has 1 aromatic heterocycles. The SMILES string of the molecule is NCCCc1nnc(-c2cc(F)cc(Br)c2)s1. The lowest BCUT2D eigenvalue weighted by atomic mass is 10.2. The van der Waals surface area contributed by atoms with E-state index in [-0.39, 0.29) is 5.82 Å². The van der Waals surface area contributed by atoms with Crippen molar-refractivity contribution in [2.75, 3.05) is 6.54 Å². The van der Waals surface area contributed by atoms with Gasteiger partial charge in [0.25, 0.3) is 0 Å². The highest BCUT2D eigenvalue weighted by molar-refractivity contribution is 9.10. The number of hydrogen-bond donors (Lipinski definition) is 1. The second kappa shape index (κ2) is 5.66. The Labute approximate surface area is 111 Å². The van der Waals surface area contributed by atoms with Gasteiger partial charge in [-0.05, 0) is 31.2 Å². The average Bonchev–Trinajstić information content (AvgIpc) is 2.73. The fourth-order valence-electron chi connectivity index (χ4n) is 1.40. The van der Waals surface area contributed by atoms with Gasteiger partial charge in [0.15, 0.2) is 0 Å². The van der Waals surface area contributed by atoms with E-state index in [4.69, 9.17) is 5.73 Å². The van der Waals surface area contributed by atoms with Gasteiger partial charge in [0.05, 0.1) is 0 Å². The van der Waals surface area contributed by atoms with E-state index >= 15 is 0 Å². The molecule has 0 atom stereocenters. The van der Waals surface area contributed by atoms with Crippen molar-refractivity contribution in [3.8, 4) is 10.6 Å². The Morgan fingerprint density at radius 2 is 2.12 bits per heavy atom. The van der Waals surface area contributed by atoms with Crippen molar-refractivity contribution < 1.29 is 4.39 Å². The first-order valence-electron chi connectivity index (χ1n) is 5.18. The summed E-state index contributed by atoms with van der Waals surface area (Å²) in [5.41, 5.74) is 6.18. The average molecular weight is 316 g/mol. The molecular weight excluding hydrogens is 305 g/mol. The molecule has 0 aliphatic carbocycles. The minimum absolute atomic E-state index is 0.284. The topological polar surface area (TPSA) is 51.8 Å². The molecular formula is C11H11BrFN3S. The molecule has 17 heavy (non-hydrogen) atoms. The maximum absolute atomic E-state index is 13.2. The third-order valence-electron chi connectivity index (χ3n) is 2.17. The standard InChI is InChI=1S/C11H11BrFN3S/c12-8-4-7(5-9(13)6-8)11-16-15-10(17-11)2-1-3-14/h4-6H,1-3,14H2. The Hall–Kier alpha value is -0.850. The van der Waals surface area contributed by atoms with Gasteiger partial charge < -0.3 is 5.73 Å². The fraction of sp³-hybridized carbons (Fsp3) is 0.273. The monoisotopic (exact) mass is 315 g/mol. The summed E-state index contributed by atoms with van der Waals surface area (Å²) in [7, 11) is 0. The summed E-state index contributed by atoms with van der Waals surface area (Å²) < 4.78 is 13.9. The maximum atomic E-state index is 13.2. The van der Waals surface area contributed by atoms with Crippen LogP contribution in [0.25, 0.3) is 10.6 Å². The molecule has 3 nitrogen and oxygen atoms in total. The molecule has 0 bridgehead atoms. The highest BCUT2D eigenvalue weighted by atomic mass is 79.9. The number of aryl methyl sites for hydroxylation is 1. The van der Waals surface area contributed by atoms with Crippen LogP contribution in [0.15, 0.2) is 22.7 Å². The first kappa shape index (κ1) is 12.6. The molecule has 0 fully saturated rings. The van der Waals surface area contributed by atoms with Crippen LogP contribution in [0.4, 0.5) is 4.39 Å². The Kier molecular flexibility index (Phi) is 4.20. The highest BCUT2D eigenvalue weighted by Crippen LogP contribution is 2.27. The fourth-order valence-corrected chi connectivity index (χ4v) is 2.74. The van der Waals surface area contributed by atoms with Gasteiger partial charge >= 0.3 is 0 Å². The van der Waals surface area contributed by atoms with Crippen molar-refractivity contribution in [3.05, 3.63) is 33.5 Å². The highest BCUT2D eigenvalue weighted by Gasteiger charge is 2.08.